The van der Waals surface area contributed by atoms with Gasteiger partial charge in [0.15, 0.2) is 0 Å². The summed E-state index contributed by atoms with van der Waals surface area (Å²) in [6, 6.07) is 6.62. The summed E-state index contributed by atoms with van der Waals surface area (Å²) in [5.41, 5.74) is 2.19. The van der Waals surface area contributed by atoms with Crippen molar-refractivity contribution in [2.75, 3.05) is 18.5 Å². The van der Waals surface area contributed by atoms with Gasteiger partial charge in [0.2, 0.25) is 11.8 Å². The van der Waals surface area contributed by atoms with E-state index in [1.165, 1.54) is 12.1 Å². The lowest BCUT2D eigenvalue weighted by molar-refractivity contribution is -0.129. The number of halogens is 1. The molecule has 2 heterocycles. The fraction of sp³-hybridized carbons (Fsp3) is 0.480. The Morgan fingerprint density at radius 3 is 2.55 bits per heavy atom. The van der Waals surface area contributed by atoms with E-state index in [4.69, 9.17) is 0 Å². The number of benzene rings is 1. The first-order valence-electron chi connectivity index (χ1n) is 11.6. The van der Waals surface area contributed by atoms with E-state index in [2.05, 4.69) is 10.6 Å². The van der Waals surface area contributed by atoms with Gasteiger partial charge in [-0.15, -0.1) is 0 Å². The van der Waals surface area contributed by atoms with Gasteiger partial charge in [0.1, 0.15) is 11.9 Å². The van der Waals surface area contributed by atoms with Crippen LogP contribution in [0.5, 0.6) is 0 Å². The van der Waals surface area contributed by atoms with Gasteiger partial charge in [-0.2, -0.15) is 0 Å². The van der Waals surface area contributed by atoms with Crippen molar-refractivity contribution in [1.29, 1.82) is 0 Å². The maximum Gasteiger partial charge on any atom is 0.251 e. The zero-order valence-corrected chi connectivity index (χ0v) is 19.1. The summed E-state index contributed by atoms with van der Waals surface area (Å²) in [6.45, 7) is 2.54. The van der Waals surface area contributed by atoms with Crippen LogP contribution in [0.15, 0.2) is 41.3 Å². The number of hydrogen-bond donors (Lipinski definition) is 2. The molecule has 7 nitrogen and oxygen atoms in total. The van der Waals surface area contributed by atoms with Crippen molar-refractivity contribution in [2.45, 2.75) is 57.7 Å². The normalized spacial score (nSPS) is 17.6. The first-order valence-corrected chi connectivity index (χ1v) is 11.6. The quantitative estimate of drug-likeness (QED) is 0.672. The molecule has 2 N–H and O–H groups in total. The summed E-state index contributed by atoms with van der Waals surface area (Å²) in [5.74, 6) is -0.531. The highest BCUT2D eigenvalue weighted by Gasteiger charge is 2.38. The molecular formula is C25H31FN4O3. The molecule has 0 bridgehead atoms. The monoisotopic (exact) mass is 454 g/mol. The molecule has 4 rings (SSSR count). The van der Waals surface area contributed by atoms with Gasteiger partial charge < -0.3 is 20.1 Å². The predicted octanol–water partition coefficient (Wildman–Crippen LogP) is 2.21. The van der Waals surface area contributed by atoms with Crippen molar-refractivity contribution in [1.82, 2.24) is 15.2 Å². The van der Waals surface area contributed by atoms with Crippen molar-refractivity contribution >= 4 is 17.5 Å². The summed E-state index contributed by atoms with van der Waals surface area (Å²) < 4.78 is 14.8. The number of nitrogens with one attached hydrogen (secondary N) is 2. The van der Waals surface area contributed by atoms with Crippen molar-refractivity contribution in [2.24, 2.45) is 5.92 Å². The SMILES string of the molecule is CN[C@@H](C)C(=O)N[C@H](C(=O)N1CCc2cc(=O)n(Cc3ccc(F)cc3)cc21)C1CCCC1. The van der Waals surface area contributed by atoms with Crippen LogP contribution in [0.3, 0.4) is 0 Å². The second-order valence-electron chi connectivity index (χ2n) is 9.06. The number of pyridine rings is 1. The van der Waals surface area contributed by atoms with E-state index in [-0.39, 0.29) is 35.7 Å². The molecule has 1 aromatic carbocycles. The Hall–Kier alpha value is -3.00. The second kappa shape index (κ2) is 9.87. The number of rotatable bonds is 7. The zero-order chi connectivity index (χ0) is 23.5. The maximum atomic E-state index is 13.7. The van der Waals surface area contributed by atoms with Gasteiger partial charge in [-0.3, -0.25) is 14.4 Å². The Balaban J connectivity index is 1.60. The average molecular weight is 455 g/mol. The Morgan fingerprint density at radius 1 is 1.18 bits per heavy atom. The van der Waals surface area contributed by atoms with Gasteiger partial charge in [0.05, 0.1) is 18.3 Å². The van der Waals surface area contributed by atoms with Crippen LogP contribution < -0.4 is 21.1 Å². The van der Waals surface area contributed by atoms with E-state index in [0.717, 1.165) is 36.8 Å². The third-order valence-corrected chi connectivity index (χ3v) is 6.88. The molecule has 1 aliphatic heterocycles. The van der Waals surface area contributed by atoms with Crippen LogP contribution >= 0.6 is 0 Å². The van der Waals surface area contributed by atoms with E-state index >= 15 is 0 Å². The van der Waals surface area contributed by atoms with Gasteiger partial charge in [-0.25, -0.2) is 4.39 Å². The van der Waals surface area contributed by atoms with Crippen molar-refractivity contribution in [3.05, 3.63) is 63.8 Å². The Morgan fingerprint density at radius 2 is 1.88 bits per heavy atom. The van der Waals surface area contributed by atoms with Crippen LogP contribution in [-0.4, -0.2) is 42.1 Å². The van der Waals surface area contributed by atoms with Crippen LogP contribution in [0, 0.1) is 11.7 Å². The molecule has 2 amide bonds. The van der Waals surface area contributed by atoms with E-state index in [1.807, 2.05) is 0 Å². The van der Waals surface area contributed by atoms with E-state index in [0.29, 0.717) is 18.7 Å². The number of nitrogens with zero attached hydrogens (tertiary/aromatic N) is 2. The maximum absolute atomic E-state index is 13.7. The van der Waals surface area contributed by atoms with Crippen molar-refractivity contribution < 1.29 is 14.0 Å². The number of carbonyl (C=O) groups is 2. The molecule has 2 atom stereocenters. The molecule has 0 unspecified atom stereocenters. The summed E-state index contributed by atoms with van der Waals surface area (Å²) in [4.78, 5) is 40.7. The van der Waals surface area contributed by atoms with Crippen LogP contribution in [0.25, 0.3) is 0 Å². The number of hydrogen-bond acceptors (Lipinski definition) is 4. The minimum absolute atomic E-state index is 0.111. The number of fused-ring (bicyclic) bond motifs is 1. The van der Waals surface area contributed by atoms with Crippen LogP contribution in [0.2, 0.25) is 0 Å². The fourth-order valence-electron chi connectivity index (χ4n) is 4.78. The number of carbonyl (C=O) groups excluding carboxylic acids is 2. The van der Waals surface area contributed by atoms with Crippen LogP contribution in [0.4, 0.5) is 10.1 Å². The molecule has 176 valence electrons. The molecule has 33 heavy (non-hydrogen) atoms. The highest BCUT2D eigenvalue weighted by atomic mass is 19.1. The molecule has 2 aliphatic rings. The number of likely N-dealkylation sites (N-methyl/N-ethyl adjacent to an activating group) is 1. The summed E-state index contributed by atoms with van der Waals surface area (Å²) in [6.07, 6.45) is 6.26. The lowest BCUT2D eigenvalue weighted by atomic mass is 9.96. The van der Waals surface area contributed by atoms with Crippen molar-refractivity contribution in [3.8, 4) is 0 Å². The average Bonchev–Trinajstić information content (AvgIpc) is 3.48. The van der Waals surface area contributed by atoms with Crippen LogP contribution in [-0.2, 0) is 22.6 Å². The third kappa shape index (κ3) is 5.00. The molecule has 0 spiro atoms. The Bertz CT molecular complexity index is 1080. The Kier molecular flexibility index (Phi) is 6.93. The zero-order valence-electron chi connectivity index (χ0n) is 19.1. The van der Waals surface area contributed by atoms with Gasteiger partial charge in [-0.1, -0.05) is 25.0 Å². The molecule has 8 heteroatoms. The molecular weight excluding hydrogens is 423 g/mol. The summed E-state index contributed by atoms with van der Waals surface area (Å²) >= 11 is 0. The van der Waals surface area contributed by atoms with Gasteiger partial charge in [0, 0.05) is 18.8 Å². The van der Waals surface area contributed by atoms with Crippen molar-refractivity contribution in [3.63, 3.8) is 0 Å². The topological polar surface area (TPSA) is 83.4 Å². The lowest BCUT2D eigenvalue weighted by Crippen LogP contribution is -2.55. The first kappa shape index (κ1) is 23.2. The molecule has 1 aromatic heterocycles. The predicted molar refractivity (Wildman–Crippen MR) is 125 cm³/mol. The molecule has 1 saturated carbocycles. The van der Waals surface area contributed by atoms with E-state index < -0.39 is 12.1 Å². The molecule has 2 aromatic rings. The molecule has 1 fully saturated rings. The van der Waals surface area contributed by atoms with E-state index in [9.17, 15) is 18.8 Å². The van der Waals surface area contributed by atoms with Gasteiger partial charge in [0.25, 0.3) is 5.56 Å². The minimum atomic E-state index is -0.584. The molecule has 0 saturated heterocycles. The number of aromatic nitrogens is 1. The lowest BCUT2D eigenvalue weighted by Gasteiger charge is -2.29. The van der Waals surface area contributed by atoms with Gasteiger partial charge in [-0.05, 0) is 62.4 Å². The standard InChI is InChI=1S/C25H31FN4O3/c1-16(27-2)24(32)28-23(18-5-3-4-6-18)25(33)30-12-11-19-13-22(31)29(15-21(19)30)14-17-7-9-20(26)10-8-17/h7-10,13,15-16,18,23,27H,3-6,11-12,14H2,1-2H3,(H,28,32)/t16-,23-/m0/s1. The highest BCUT2D eigenvalue weighted by Crippen LogP contribution is 2.32. The smallest absolute Gasteiger partial charge is 0.251 e. The van der Waals surface area contributed by atoms with Crippen LogP contribution in [0.1, 0.15) is 43.7 Å². The summed E-state index contributed by atoms with van der Waals surface area (Å²) in [7, 11) is 1.72. The summed E-state index contributed by atoms with van der Waals surface area (Å²) in [5, 5.41) is 5.92. The third-order valence-electron chi connectivity index (χ3n) is 6.88. The first-order chi connectivity index (χ1) is 15.9. The fourth-order valence-corrected chi connectivity index (χ4v) is 4.78. The number of amides is 2. The largest absolute Gasteiger partial charge is 0.343 e. The minimum Gasteiger partial charge on any atom is -0.343 e. The van der Waals surface area contributed by atoms with Gasteiger partial charge >= 0.3 is 0 Å². The second-order valence-corrected chi connectivity index (χ2v) is 9.06. The molecule has 1 aliphatic carbocycles. The number of anilines is 1. The Labute approximate surface area is 193 Å². The molecule has 0 radical (unpaired) electrons. The highest BCUT2D eigenvalue weighted by molar-refractivity contribution is 6.01. The van der Waals surface area contributed by atoms with E-state index in [1.54, 1.807) is 47.8 Å².